The Morgan fingerprint density at radius 3 is 2.73 bits per heavy atom. The normalized spacial score (nSPS) is 10.9. The number of rotatable bonds is 7. The van der Waals surface area contributed by atoms with Gasteiger partial charge in [0, 0.05) is 34.6 Å². The molecule has 30 heavy (non-hydrogen) atoms. The Kier molecular flexibility index (Phi) is 5.67. The van der Waals surface area contributed by atoms with Gasteiger partial charge < -0.3 is 14.8 Å². The number of carbonyl (C=O) groups is 1. The molecule has 2 heterocycles. The number of amides is 1. The van der Waals surface area contributed by atoms with Gasteiger partial charge in [-0.3, -0.25) is 9.20 Å². The van der Waals surface area contributed by atoms with Crippen LogP contribution in [-0.4, -0.2) is 29.0 Å². The van der Waals surface area contributed by atoms with Crippen LogP contribution in [0.15, 0.2) is 54.0 Å². The molecule has 0 bridgehead atoms. The third kappa shape index (κ3) is 4.13. The molecule has 0 aliphatic rings. The largest absolute Gasteiger partial charge is 0.493 e. The van der Waals surface area contributed by atoms with Crippen LogP contribution in [0.5, 0.6) is 11.5 Å². The van der Waals surface area contributed by atoms with Gasteiger partial charge in [-0.1, -0.05) is 0 Å². The highest BCUT2D eigenvalue weighted by Gasteiger charge is 2.14. The van der Waals surface area contributed by atoms with Gasteiger partial charge >= 0.3 is 0 Å². The van der Waals surface area contributed by atoms with Crippen LogP contribution < -0.4 is 14.8 Å². The SMILES string of the molecule is CCOc1ccc(NC(=O)Cc2csc3nc(-c4ccc(F)cc4)cn23)cc1OC. The summed E-state index contributed by atoms with van der Waals surface area (Å²) in [4.78, 5) is 17.9. The fourth-order valence-electron chi connectivity index (χ4n) is 3.11. The van der Waals surface area contributed by atoms with E-state index in [0.717, 1.165) is 21.9 Å². The second kappa shape index (κ2) is 8.54. The lowest BCUT2D eigenvalue weighted by atomic mass is 10.2. The Labute approximate surface area is 176 Å². The van der Waals surface area contributed by atoms with Crippen LogP contribution in [-0.2, 0) is 11.2 Å². The molecular formula is C22H20FN3O3S. The summed E-state index contributed by atoms with van der Waals surface area (Å²) in [6.07, 6.45) is 2.05. The topological polar surface area (TPSA) is 64.9 Å². The molecule has 2 aromatic carbocycles. The monoisotopic (exact) mass is 425 g/mol. The van der Waals surface area contributed by atoms with Crippen molar-refractivity contribution in [2.45, 2.75) is 13.3 Å². The number of anilines is 1. The average Bonchev–Trinajstić information content (AvgIpc) is 3.32. The standard InChI is InChI=1S/C22H20FN3O3S/c1-3-29-19-9-8-16(10-20(19)28-2)24-21(27)11-17-13-30-22-25-18(12-26(17)22)14-4-6-15(23)7-5-14/h4-10,12-13H,3,11H2,1-2H3,(H,24,27). The zero-order chi connectivity index (χ0) is 21.1. The lowest BCUT2D eigenvalue weighted by Gasteiger charge is -2.11. The van der Waals surface area contributed by atoms with Crippen LogP contribution in [0, 0.1) is 5.82 Å². The van der Waals surface area contributed by atoms with Crippen molar-refractivity contribution >= 4 is 27.9 Å². The zero-order valence-electron chi connectivity index (χ0n) is 16.5. The van der Waals surface area contributed by atoms with Crippen molar-refractivity contribution in [3.05, 3.63) is 65.6 Å². The third-order valence-corrected chi connectivity index (χ3v) is 5.40. The highest BCUT2D eigenvalue weighted by Crippen LogP contribution is 2.30. The molecule has 0 atom stereocenters. The first-order chi connectivity index (χ1) is 14.6. The van der Waals surface area contributed by atoms with E-state index in [9.17, 15) is 9.18 Å². The number of nitrogens with one attached hydrogen (secondary N) is 1. The van der Waals surface area contributed by atoms with Gasteiger partial charge in [-0.25, -0.2) is 9.37 Å². The average molecular weight is 425 g/mol. The molecule has 0 aliphatic carbocycles. The second-order valence-electron chi connectivity index (χ2n) is 6.54. The first-order valence-electron chi connectivity index (χ1n) is 9.39. The van der Waals surface area contributed by atoms with Crippen molar-refractivity contribution in [3.63, 3.8) is 0 Å². The molecule has 2 aromatic heterocycles. The molecule has 0 unspecified atom stereocenters. The van der Waals surface area contributed by atoms with Crippen molar-refractivity contribution in [1.29, 1.82) is 0 Å². The van der Waals surface area contributed by atoms with Crippen LogP contribution >= 0.6 is 11.3 Å². The number of hydrogen-bond donors (Lipinski definition) is 1. The molecule has 0 saturated carbocycles. The van der Waals surface area contributed by atoms with E-state index in [0.29, 0.717) is 23.8 Å². The van der Waals surface area contributed by atoms with Crippen LogP contribution in [0.2, 0.25) is 0 Å². The van der Waals surface area contributed by atoms with E-state index in [2.05, 4.69) is 10.3 Å². The molecule has 4 aromatic rings. The summed E-state index contributed by atoms with van der Waals surface area (Å²) in [6, 6.07) is 11.5. The third-order valence-electron chi connectivity index (χ3n) is 4.51. The van der Waals surface area contributed by atoms with Gasteiger partial charge in [0.1, 0.15) is 5.82 Å². The molecule has 1 N–H and O–H groups in total. The maximum absolute atomic E-state index is 13.2. The lowest BCUT2D eigenvalue weighted by Crippen LogP contribution is -2.15. The molecular weight excluding hydrogens is 405 g/mol. The molecule has 8 heteroatoms. The first kappa shape index (κ1) is 19.9. The maximum Gasteiger partial charge on any atom is 0.230 e. The van der Waals surface area contributed by atoms with Crippen molar-refractivity contribution < 1.29 is 18.7 Å². The molecule has 0 saturated heterocycles. The molecule has 0 aliphatic heterocycles. The number of thiazole rings is 1. The summed E-state index contributed by atoms with van der Waals surface area (Å²) in [6.45, 7) is 2.43. The van der Waals surface area contributed by atoms with Gasteiger partial charge in [-0.05, 0) is 43.3 Å². The predicted molar refractivity (Wildman–Crippen MR) is 115 cm³/mol. The number of nitrogens with zero attached hydrogens (tertiary/aromatic N) is 2. The van der Waals surface area contributed by atoms with Crippen molar-refractivity contribution in [2.75, 3.05) is 19.0 Å². The van der Waals surface area contributed by atoms with E-state index in [4.69, 9.17) is 9.47 Å². The van der Waals surface area contributed by atoms with Crippen molar-refractivity contribution in [2.24, 2.45) is 0 Å². The fourth-order valence-corrected chi connectivity index (χ4v) is 3.98. The van der Waals surface area contributed by atoms with Gasteiger partial charge in [0.2, 0.25) is 5.91 Å². The van der Waals surface area contributed by atoms with Gasteiger partial charge in [-0.2, -0.15) is 0 Å². The Balaban J connectivity index is 1.50. The number of imidazole rings is 1. The summed E-state index contributed by atoms with van der Waals surface area (Å²) in [5, 5.41) is 4.80. The van der Waals surface area contributed by atoms with Crippen LogP contribution in [0.4, 0.5) is 10.1 Å². The van der Waals surface area contributed by atoms with Gasteiger partial charge in [-0.15, -0.1) is 11.3 Å². The summed E-state index contributed by atoms with van der Waals surface area (Å²) in [5.41, 5.74) is 3.01. The number of aromatic nitrogens is 2. The highest BCUT2D eigenvalue weighted by atomic mass is 32.1. The highest BCUT2D eigenvalue weighted by molar-refractivity contribution is 7.15. The van der Waals surface area contributed by atoms with Crippen LogP contribution in [0.3, 0.4) is 0 Å². The minimum absolute atomic E-state index is 0.155. The van der Waals surface area contributed by atoms with E-state index in [1.54, 1.807) is 37.4 Å². The molecule has 6 nitrogen and oxygen atoms in total. The summed E-state index contributed by atoms with van der Waals surface area (Å²) in [7, 11) is 1.56. The number of fused-ring (bicyclic) bond motifs is 1. The zero-order valence-corrected chi connectivity index (χ0v) is 17.3. The molecule has 0 spiro atoms. The van der Waals surface area contributed by atoms with Gasteiger partial charge in [0.25, 0.3) is 0 Å². The minimum atomic E-state index is -0.289. The Morgan fingerprint density at radius 2 is 2.00 bits per heavy atom. The molecule has 4 rings (SSSR count). The minimum Gasteiger partial charge on any atom is -0.493 e. The number of benzene rings is 2. The number of hydrogen-bond acceptors (Lipinski definition) is 5. The Morgan fingerprint density at radius 1 is 1.20 bits per heavy atom. The fraction of sp³-hybridized carbons (Fsp3) is 0.182. The number of methoxy groups -OCH3 is 1. The van der Waals surface area contributed by atoms with E-state index >= 15 is 0 Å². The van der Waals surface area contributed by atoms with Gasteiger partial charge in [0.15, 0.2) is 16.5 Å². The number of halogens is 1. The van der Waals surface area contributed by atoms with Crippen LogP contribution in [0.25, 0.3) is 16.2 Å². The smallest absolute Gasteiger partial charge is 0.230 e. The summed E-state index contributed by atoms with van der Waals surface area (Å²) < 4.78 is 25.9. The Bertz CT molecular complexity index is 1180. The van der Waals surface area contributed by atoms with Crippen molar-refractivity contribution in [3.8, 4) is 22.8 Å². The Hall–Kier alpha value is -3.39. The first-order valence-corrected chi connectivity index (χ1v) is 10.3. The maximum atomic E-state index is 13.2. The second-order valence-corrected chi connectivity index (χ2v) is 7.37. The lowest BCUT2D eigenvalue weighted by molar-refractivity contribution is -0.115. The van der Waals surface area contributed by atoms with E-state index in [1.807, 2.05) is 22.9 Å². The number of carbonyl (C=O) groups excluding carboxylic acids is 1. The predicted octanol–water partition coefficient (Wildman–Crippen LogP) is 4.79. The van der Waals surface area contributed by atoms with Crippen molar-refractivity contribution in [1.82, 2.24) is 9.38 Å². The quantitative estimate of drug-likeness (QED) is 0.462. The summed E-state index contributed by atoms with van der Waals surface area (Å²) in [5.74, 6) is 0.747. The summed E-state index contributed by atoms with van der Waals surface area (Å²) >= 11 is 1.46. The molecule has 154 valence electrons. The molecule has 1 amide bonds. The molecule has 0 fully saturated rings. The van der Waals surface area contributed by atoms with Crippen LogP contribution in [0.1, 0.15) is 12.6 Å². The molecule has 0 radical (unpaired) electrons. The van der Waals surface area contributed by atoms with E-state index in [-0.39, 0.29) is 18.1 Å². The number of ether oxygens (including phenoxy) is 2. The van der Waals surface area contributed by atoms with Gasteiger partial charge in [0.05, 0.1) is 25.8 Å². The van der Waals surface area contributed by atoms with E-state index in [1.165, 1.54) is 23.5 Å². The van der Waals surface area contributed by atoms with E-state index < -0.39 is 0 Å².